The summed E-state index contributed by atoms with van der Waals surface area (Å²) in [7, 11) is 0. The summed E-state index contributed by atoms with van der Waals surface area (Å²) in [5.41, 5.74) is 5.66. The predicted octanol–water partition coefficient (Wildman–Crippen LogP) is 1.08. The Bertz CT molecular complexity index is 251. The standard InChI is InChI=1S/C9H16N2O2/c1-9(2,3)7(10)6(12)8-11-4-5-13-8/h4-7,12H,10H2,1-3H3. The number of aliphatic hydroxyl groups is 1. The molecule has 0 fully saturated rings. The van der Waals surface area contributed by atoms with E-state index in [1.54, 1.807) is 0 Å². The maximum absolute atomic E-state index is 9.73. The molecule has 0 aromatic carbocycles. The van der Waals surface area contributed by atoms with Crippen molar-refractivity contribution in [2.24, 2.45) is 11.1 Å². The lowest BCUT2D eigenvalue weighted by atomic mass is 9.84. The number of nitrogens with two attached hydrogens (primary N) is 1. The van der Waals surface area contributed by atoms with E-state index < -0.39 is 6.10 Å². The van der Waals surface area contributed by atoms with Crippen LogP contribution in [-0.2, 0) is 0 Å². The van der Waals surface area contributed by atoms with E-state index in [1.807, 2.05) is 20.8 Å². The van der Waals surface area contributed by atoms with Gasteiger partial charge in [0, 0.05) is 6.04 Å². The Kier molecular flexibility index (Phi) is 2.73. The molecule has 0 saturated heterocycles. The summed E-state index contributed by atoms with van der Waals surface area (Å²) in [4.78, 5) is 3.85. The quantitative estimate of drug-likeness (QED) is 0.721. The Morgan fingerprint density at radius 1 is 1.54 bits per heavy atom. The van der Waals surface area contributed by atoms with Gasteiger partial charge in [0.05, 0.1) is 6.20 Å². The monoisotopic (exact) mass is 184 g/mol. The molecule has 13 heavy (non-hydrogen) atoms. The molecule has 1 aromatic heterocycles. The normalized spacial score (nSPS) is 17.0. The van der Waals surface area contributed by atoms with Crippen LogP contribution < -0.4 is 5.73 Å². The molecule has 0 amide bonds. The average Bonchev–Trinajstić information content (AvgIpc) is 2.51. The molecule has 0 aliphatic carbocycles. The van der Waals surface area contributed by atoms with Crippen LogP contribution in [0.3, 0.4) is 0 Å². The van der Waals surface area contributed by atoms with Crippen molar-refractivity contribution in [1.29, 1.82) is 0 Å². The van der Waals surface area contributed by atoms with Crippen molar-refractivity contribution >= 4 is 0 Å². The molecule has 74 valence electrons. The van der Waals surface area contributed by atoms with E-state index in [-0.39, 0.29) is 17.3 Å². The minimum absolute atomic E-state index is 0.173. The highest BCUT2D eigenvalue weighted by Crippen LogP contribution is 2.27. The summed E-state index contributed by atoms with van der Waals surface area (Å²) in [5.74, 6) is 0.280. The highest BCUT2D eigenvalue weighted by molar-refractivity contribution is 4.95. The minimum Gasteiger partial charge on any atom is -0.446 e. The molecule has 0 saturated carbocycles. The zero-order chi connectivity index (χ0) is 10.1. The van der Waals surface area contributed by atoms with Crippen molar-refractivity contribution in [3.63, 3.8) is 0 Å². The van der Waals surface area contributed by atoms with Crippen LogP contribution >= 0.6 is 0 Å². The Hall–Kier alpha value is -0.870. The lowest BCUT2D eigenvalue weighted by Gasteiger charge is -2.29. The highest BCUT2D eigenvalue weighted by atomic mass is 16.4. The molecule has 4 heteroatoms. The number of oxazole rings is 1. The van der Waals surface area contributed by atoms with E-state index in [1.165, 1.54) is 12.5 Å². The van der Waals surface area contributed by atoms with Crippen LogP contribution in [0, 0.1) is 5.41 Å². The third-order valence-corrected chi connectivity index (χ3v) is 2.04. The number of hydrogen-bond acceptors (Lipinski definition) is 4. The van der Waals surface area contributed by atoms with Crippen LogP contribution in [0.5, 0.6) is 0 Å². The number of rotatable bonds is 2. The van der Waals surface area contributed by atoms with Gasteiger partial charge in [0.1, 0.15) is 12.4 Å². The number of aliphatic hydroxyl groups excluding tert-OH is 1. The van der Waals surface area contributed by atoms with Crippen LogP contribution in [0.25, 0.3) is 0 Å². The number of aromatic nitrogens is 1. The molecule has 1 rings (SSSR count). The molecular weight excluding hydrogens is 168 g/mol. The van der Waals surface area contributed by atoms with E-state index in [2.05, 4.69) is 4.98 Å². The minimum atomic E-state index is -0.838. The van der Waals surface area contributed by atoms with Gasteiger partial charge in [-0.1, -0.05) is 20.8 Å². The Balaban J connectivity index is 2.74. The molecular formula is C9H16N2O2. The van der Waals surface area contributed by atoms with Gasteiger partial charge < -0.3 is 15.3 Å². The summed E-state index contributed by atoms with van der Waals surface area (Å²) in [6.45, 7) is 5.89. The van der Waals surface area contributed by atoms with Crippen molar-refractivity contribution in [3.05, 3.63) is 18.4 Å². The van der Waals surface area contributed by atoms with E-state index >= 15 is 0 Å². The molecule has 0 spiro atoms. The van der Waals surface area contributed by atoms with Gasteiger partial charge in [-0.15, -0.1) is 0 Å². The fraction of sp³-hybridized carbons (Fsp3) is 0.667. The van der Waals surface area contributed by atoms with Gasteiger partial charge in [0.25, 0.3) is 0 Å². The molecule has 2 atom stereocenters. The fourth-order valence-electron chi connectivity index (χ4n) is 1.01. The Morgan fingerprint density at radius 2 is 2.15 bits per heavy atom. The zero-order valence-corrected chi connectivity index (χ0v) is 8.19. The van der Waals surface area contributed by atoms with Crippen molar-refractivity contribution < 1.29 is 9.52 Å². The van der Waals surface area contributed by atoms with E-state index in [0.29, 0.717) is 0 Å². The maximum atomic E-state index is 9.73. The smallest absolute Gasteiger partial charge is 0.224 e. The third kappa shape index (κ3) is 2.29. The first-order chi connectivity index (χ1) is 5.93. The second-order valence-electron chi connectivity index (χ2n) is 4.21. The van der Waals surface area contributed by atoms with Gasteiger partial charge in [0.15, 0.2) is 0 Å². The summed E-state index contributed by atoms with van der Waals surface area (Å²) >= 11 is 0. The highest BCUT2D eigenvalue weighted by Gasteiger charge is 2.30. The second kappa shape index (κ2) is 3.47. The predicted molar refractivity (Wildman–Crippen MR) is 48.9 cm³/mol. The number of nitrogens with zero attached hydrogens (tertiary/aromatic N) is 1. The second-order valence-corrected chi connectivity index (χ2v) is 4.21. The summed E-state index contributed by atoms with van der Waals surface area (Å²) in [6, 6.07) is -0.383. The summed E-state index contributed by atoms with van der Waals surface area (Å²) < 4.78 is 4.97. The van der Waals surface area contributed by atoms with Gasteiger partial charge >= 0.3 is 0 Å². The third-order valence-electron chi connectivity index (χ3n) is 2.04. The first-order valence-corrected chi connectivity index (χ1v) is 4.26. The molecule has 4 nitrogen and oxygen atoms in total. The Morgan fingerprint density at radius 3 is 2.54 bits per heavy atom. The lowest BCUT2D eigenvalue weighted by Crippen LogP contribution is -2.40. The van der Waals surface area contributed by atoms with Gasteiger partial charge in [0.2, 0.25) is 5.89 Å². The van der Waals surface area contributed by atoms with E-state index in [9.17, 15) is 5.11 Å². The van der Waals surface area contributed by atoms with Crippen LogP contribution in [0.1, 0.15) is 32.8 Å². The molecule has 3 N–H and O–H groups in total. The number of hydrogen-bond donors (Lipinski definition) is 2. The van der Waals surface area contributed by atoms with Crippen molar-refractivity contribution in [2.75, 3.05) is 0 Å². The topological polar surface area (TPSA) is 72.3 Å². The lowest BCUT2D eigenvalue weighted by molar-refractivity contribution is 0.0692. The first-order valence-electron chi connectivity index (χ1n) is 4.26. The largest absolute Gasteiger partial charge is 0.446 e. The van der Waals surface area contributed by atoms with Crippen LogP contribution in [-0.4, -0.2) is 16.1 Å². The van der Waals surface area contributed by atoms with Crippen LogP contribution in [0.15, 0.2) is 16.9 Å². The average molecular weight is 184 g/mol. The molecule has 0 aliphatic rings. The van der Waals surface area contributed by atoms with Crippen molar-refractivity contribution in [1.82, 2.24) is 4.98 Å². The van der Waals surface area contributed by atoms with Gasteiger partial charge in [-0.2, -0.15) is 0 Å². The first kappa shape index (κ1) is 10.2. The zero-order valence-electron chi connectivity index (χ0n) is 8.19. The van der Waals surface area contributed by atoms with Crippen LogP contribution in [0.4, 0.5) is 0 Å². The van der Waals surface area contributed by atoms with Crippen molar-refractivity contribution in [2.45, 2.75) is 32.9 Å². The van der Waals surface area contributed by atoms with Crippen molar-refractivity contribution in [3.8, 4) is 0 Å². The molecule has 0 radical (unpaired) electrons. The molecule has 1 heterocycles. The molecule has 1 aromatic rings. The summed E-state index contributed by atoms with van der Waals surface area (Å²) in [5, 5.41) is 9.73. The molecule has 2 unspecified atom stereocenters. The maximum Gasteiger partial charge on any atom is 0.224 e. The van der Waals surface area contributed by atoms with E-state index in [4.69, 9.17) is 10.2 Å². The SMILES string of the molecule is CC(C)(C)C(N)C(O)c1ncco1. The molecule has 0 aliphatic heterocycles. The fourth-order valence-corrected chi connectivity index (χ4v) is 1.01. The van der Waals surface area contributed by atoms with Crippen LogP contribution in [0.2, 0.25) is 0 Å². The molecule has 0 bridgehead atoms. The van der Waals surface area contributed by atoms with Gasteiger partial charge in [-0.05, 0) is 5.41 Å². The van der Waals surface area contributed by atoms with Gasteiger partial charge in [-0.3, -0.25) is 0 Å². The van der Waals surface area contributed by atoms with Gasteiger partial charge in [-0.25, -0.2) is 4.98 Å². The Labute approximate surface area is 77.8 Å². The summed E-state index contributed by atoms with van der Waals surface area (Å²) in [6.07, 6.45) is 2.08. The van der Waals surface area contributed by atoms with E-state index in [0.717, 1.165) is 0 Å².